The van der Waals surface area contributed by atoms with Crippen LogP contribution in [0.15, 0.2) is 24.3 Å². The molecule has 102 valence electrons. The van der Waals surface area contributed by atoms with Crippen molar-refractivity contribution in [3.63, 3.8) is 0 Å². The average Bonchev–Trinajstić information content (AvgIpc) is 2.26. The third kappa shape index (κ3) is 5.16. The van der Waals surface area contributed by atoms with Crippen molar-refractivity contribution in [1.82, 2.24) is 4.90 Å². The van der Waals surface area contributed by atoms with Gasteiger partial charge in [0.05, 0.1) is 11.9 Å². The van der Waals surface area contributed by atoms with Crippen LogP contribution >= 0.6 is 0 Å². The Morgan fingerprint density at radius 1 is 1.33 bits per heavy atom. The van der Waals surface area contributed by atoms with E-state index in [0.717, 1.165) is 11.1 Å². The van der Waals surface area contributed by atoms with E-state index in [1.54, 1.807) is 0 Å². The van der Waals surface area contributed by atoms with E-state index < -0.39 is 15.9 Å². The summed E-state index contributed by atoms with van der Waals surface area (Å²) in [6.07, 6.45) is 0.634. The fraction of sp³-hybridized carbons (Fsp3) is 0.538. The molecule has 4 nitrogen and oxygen atoms in total. The normalized spacial score (nSPS) is 13.8. The van der Waals surface area contributed by atoms with Crippen LogP contribution in [0.4, 0.5) is 0 Å². The molecule has 0 aliphatic carbocycles. The van der Waals surface area contributed by atoms with Gasteiger partial charge >= 0.3 is 0 Å². The smallest absolute Gasteiger partial charge is 0.148 e. The monoisotopic (exact) mass is 271 g/mol. The molecule has 1 N–H and O–H groups in total. The molecule has 18 heavy (non-hydrogen) atoms. The quantitative estimate of drug-likeness (QED) is 0.839. The highest BCUT2D eigenvalue weighted by Gasteiger charge is 2.13. The first-order valence-electron chi connectivity index (χ1n) is 5.89. The summed E-state index contributed by atoms with van der Waals surface area (Å²) >= 11 is 0. The van der Waals surface area contributed by atoms with E-state index in [9.17, 15) is 13.5 Å². The highest BCUT2D eigenvalue weighted by atomic mass is 32.2. The van der Waals surface area contributed by atoms with Crippen LogP contribution in [0.3, 0.4) is 0 Å². The lowest BCUT2D eigenvalue weighted by Crippen LogP contribution is -2.29. The number of hydrogen-bond acceptors (Lipinski definition) is 4. The Morgan fingerprint density at radius 2 is 1.94 bits per heavy atom. The minimum atomic E-state index is -2.95. The molecule has 0 aliphatic heterocycles. The summed E-state index contributed by atoms with van der Waals surface area (Å²) in [5, 5.41) is 10.1. The highest BCUT2D eigenvalue weighted by Crippen LogP contribution is 2.17. The number of aliphatic hydroxyl groups is 1. The van der Waals surface area contributed by atoms with E-state index in [1.807, 2.05) is 43.1 Å². The molecular weight excluding hydrogens is 250 g/mol. The predicted molar refractivity (Wildman–Crippen MR) is 73.3 cm³/mol. The van der Waals surface area contributed by atoms with Crippen molar-refractivity contribution in [1.29, 1.82) is 0 Å². The summed E-state index contributed by atoms with van der Waals surface area (Å²) in [5.74, 6) is 0.115. The summed E-state index contributed by atoms with van der Waals surface area (Å²) < 4.78 is 22.1. The molecule has 0 aromatic heterocycles. The minimum Gasteiger partial charge on any atom is -0.387 e. The van der Waals surface area contributed by atoms with Crippen molar-refractivity contribution < 1.29 is 13.5 Å². The second-order valence-electron chi connectivity index (χ2n) is 4.76. The van der Waals surface area contributed by atoms with E-state index in [2.05, 4.69) is 0 Å². The SMILES string of the molecule is Cc1ccccc1C(O)CN(C)CCS(C)(=O)=O. The topological polar surface area (TPSA) is 57.6 Å². The van der Waals surface area contributed by atoms with Gasteiger partial charge in [0.1, 0.15) is 9.84 Å². The zero-order chi connectivity index (χ0) is 13.8. The maximum absolute atomic E-state index is 11.1. The van der Waals surface area contributed by atoms with Gasteiger partial charge in [-0.05, 0) is 25.1 Å². The number of sulfone groups is 1. The van der Waals surface area contributed by atoms with Crippen molar-refractivity contribution in [2.75, 3.05) is 32.1 Å². The molecule has 0 amide bonds. The van der Waals surface area contributed by atoms with Gasteiger partial charge in [-0.3, -0.25) is 0 Å². The molecule has 1 aromatic carbocycles. The summed E-state index contributed by atoms with van der Waals surface area (Å²) in [6, 6.07) is 7.67. The average molecular weight is 271 g/mol. The molecular formula is C13H21NO3S. The van der Waals surface area contributed by atoms with Gasteiger partial charge in [-0.2, -0.15) is 0 Å². The Bertz CT molecular complexity index is 485. The van der Waals surface area contributed by atoms with Crippen molar-refractivity contribution in [3.8, 4) is 0 Å². The second kappa shape index (κ2) is 6.31. The molecule has 1 rings (SSSR count). The van der Waals surface area contributed by atoms with Gasteiger partial charge in [0.2, 0.25) is 0 Å². The number of nitrogens with zero attached hydrogens (tertiary/aromatic N) is 1. The number of rotatable bonds is 6. The Morgan fingerprint density at radius 3 is 2.50 bits per heavy atom. The molecule has 0 spiro atoms. The van der Waals surface area contributed by atoms with Crippen LogP contribution in [0.25, 0.3) is 0 Å². The maximum atomic E-state index is 11.1. The third-order valence-corrected chi connectivity index (χ3v) is 3.80. The van der Waals surface area contributed by atoms with E-state index in [-0.39, 0.29) is 5.75 Å². The Labute approximate surface area is 109 Å². The summed E-state index contributed by atoms with van der Waals surface area (Å²) in [4.78, 5) is 1.83. The van der Waals surface area contributed by atoms with Gasteiger partial charge in [0, 0.05) is 19.3 Å². The van der Waals surface area contributed by atoms with Crippen LogP contribution in [-0.2, 0) is 9.84 Å². The van der Waals surface area contributed by atoms with Crippen LogP contribution in [0.1, 0.15) is 17.2 Å². The molecule has 1 unspecified atom stereocenters. The van der Waals surface area contributed by atoms with Gasteiger partial charge in [-0.1, -0.05) is 24.3 Å². The van der Waals surface area contributed by atoms with Gasteiger partial charge < -0.3 is 10.0 Å². The molecule has 1 atom stereocenters. The summed E-state index contributed by atoms with van der Waals surface area (Å²) in [6.45, 7) is 2.82. The third-order valence-electron chi connectivity index (χ3n) is 2.88. The Balaban J connectivity index is 2.55. The van der Waals surface area contributed by atoms with Gasteiger partial charge in [0.25, 0.3) is 0 Å². The maximum Gasteiger partial charge on any atom is 0.148 e. The fourth-order valence-electron chi connectivity index (χ4n) is 1.77. The van der Waals surface area contributed by atoms with Gasteiger partial charge in [-0.25, -0.2) is 8.42 Å². The van der Waals surface area contributed by atoms with Crippen LogP contribution in [0, 0.1) is 6.92 Å². The van der Waals surface area contributed by atoms with E-state index in [4.69, 9.17) is 0 Å². The van der Waals surface area contributed by atoms with E-state index >= 15 is 0 Å². The lowest BCUT2D eigenvalue weighted by molar-refractivity contribution is 0.129. The molecule has 0 bridgehead atoms. The number of hydrogen-bond donors (Lipinski definition) is 1. The number of likely N-dealkylation sites (N-methyl/N-ethyl adjacent to an activating group) is 1. The van der Waals surface area contributed by atoms with Crippen LogP contribution < -0.4 is 0 Å². The zero-order valence-electron chi connectivity index (χ0n) is 11.1. The van der Waals surface area contributed by atoms with Crippen LogP contribution in [0.2, 0.25) is 0 Å². The standard InChI is InChI=1S/C13H21NO3S/c1-11-6-4-5-7-12(11)13(15)10-14(2)8-9-18(3,16)17/h4-7,13,15H,8-10H2,1-3H3. The fourth-order valence-corrected chi connectivity index (χ4v) is 2.41. The van der Waals surface area contributed by atoms with E-state index in [1.165, 1.54) is 6.26 Å². The first-order chi connectivity index (χ1) is 8.29. The first kappa shape index (κ1) is 15.1. The van der Waals surface area contributed by atoms with Crippen LogP contribution in [-0.4, -0.2) is 50.6 Å². The zero-order valence-corrected chi connectivity index (χ0v) is 11.9. The van der Waals surface area contributed by atoms with E-state index in [0.29, 0.717) is 13.1 Å². The summed E-state index contributed by atoms with van der Waals surface area (Å²) in [7, 11) is -1.14. The van der Waals surface area contributed by atoms with Crippen molar-refractivity contribution >= 4 is 9.84 Å². The molecule has 5 heteroatoms. The van der Waals surface area contributed by atoms with Crippen molar-refractivity contribution in [2.24, 2.45) is 0 Å². The Hall–Kier alpha value is -0.910. The Kier molecular flexibility index (Phi) is 5.31. The predicted octanol–water partition coefficient (Wildman–Crippen LogP) is 1.00. The van der Waals surface area contributed by atoms with Crippen LogP contribution in [0.5, 0.6) is 0 Å². The second-order valence-corrected chi connectivity index (χ2v) is 7.02. The summed E-state index contributed by atoms with van der Waals surface area (Å²) in [5.41, 5.74) is 1.94. The molecule has 0 aliphatic rings. The molecule has 0 heterocycles. The molecule has 1 aromatic rings. The lowest BCUT2D eigenvalue weighted by atomic mass is 10.0. The molecule has 0 radical (unpaired) electrons. The van der Waals surface area contributed by atoms with Gasteiger partial charge in [-0.15, -0.1) is 0 Å². The van der Waals surface area contributed by atoms with Crippen molar-refractivity contribution in [2.45, 2.75) is 13.0 Å². The molecule has 0 saturated carbocycles. The number of aliphatic hydroxyl groups excluding tert-OH is 1. The highest BCUT2D eigenvalue weighted by molar-refractivity contribution is 7.90. The molecule has 0 fully saturated rings. The molecule has 0 saturated heterocycles. The first-order valence-corrected chi connectivity index (χ1v) is 7.95. The number of benzene rings is 1. The minimum absolute atomic E-state index is 0.115. The number of aryl methyl sites for hydroxylation is 1. The van der Waals surface area contributed by atoms with Crippen molar-refractivity contribution in [3.05, 3.63) is 35.4 Å². The largest absolute Gasteiger partial charge is 0.387 e. The van der Waals surface area contributed by atoms with Gasteiger partial charge in [0.15, 0.2) is 0 Å². The lowest BCUT2D eigenvalue weighted by Gasteiger charge is -2.21.